The van der Waals surface area contributed by atoms with E-state index in [0.717, 1.165) is 0 Å². The molecule has 8 heteroatoms. The molecule has 0 heterocycles. The number of benzene rings is 2. The van der Waals surface area contributed by atoms with Gasteiger partial charge in [-0.25, -0.2) is 0 Å². The third-order valence-electron chi connectivity index (χ3n) is 3.22. The fourth-order valence-corrected chi connectivity index (χ4v) is 1.84. The first-order valence-electron chi connectivity index (χ1n) is 8.46. The Balaban J connectivity index is 0. The second-order valence-electron chi connectivity index (χ2n) is 5.34. The summed E-state index contributed by atoms with van der Waals surface area (Å²) in [5, 5.41) is 35.6. The van der Waals surface area contributed by atoms with E-state index in [1.54, 1.807) is 48.8 Å². The monoisotopic (exact) mass is 484 g/mol. The smallest absolute Gasteiger partial charge is 0.124 e. The Labute approximate surface area is 187 Å². The SMILES string of the molecule is OCCCN=Cc1ccccc1O.OCCCN=Cc1ccccc1O.[Cu].[Cu]. The van der Waals surface area contributed by atoms with Crippen molar-refractivity contribution < 1.29 is 54.6 Å². The van der Waals surface area contributed by atoms with E-state index in [1.165, 1.54) is 0 Å². The molecule has 4 N–H and O–H groups in total. The van der Waals surface area contributed by atoms with Crippen LogP contribution in [0.1, 0.15) is 24.0 Å². The molecular formula is C20H26Cu2N2O4. The van der Waals surface area contributed by atoms with Crippen LogP contribution in [-0.4, -0.2) is 59.2 Å². The van der Waals surface area contributed by atoms with Crippen LogP contribution in [0.2, 0.25) is 0 Å². The summed E-state index contributed by atoms with van der Waals surface area (Å²) in [7, 11) is 0. The van der Waals surface area contributed by atoms with Crippen molar-refractivity contribution in [3.05, 3.63) is 59.7 Å². The van der Waals surface area contributed by atoms with E-state index >= 15 is 0 Å². The van der Waals surface area contributed by atoms with Crippen molar-refractivity contribution in [2.75, 3.05) is 26.3 Å². The maximum Gasteiger partial charge on any atom is 0.124 e. The zero-order chi connectivity index (χ0) is 19.0. The predicted octanol–water partition coefficient (Wildman–Crippen LogP) is 2.38. The normalized spacial score (nSPS) is 10.1. The summed E-state index contributed by atoms with van der Waals surface area (Å²) in [6.45, 7) is 1.48. The molecule has 2 rings (SSSR count). The first kappa shape index (κ1) is 28.5. The minimum atomic E-state index is 0. The zero-order valence-corrected chi connectivity index (χ0v) is 17.2. The van der Waals surface area contributed by atoms with E-state index < -0.39 is 0 Å². The van der Waals surface area contributed by atoms with Crippen molar-refractivity contribution >= 4 is 12.4 Å². The van der Waals surface area contributed by atoms with E-state index in [0.29, 0.717) is 37.1 Å². The Kier molecular flexibility index (Phi) is 19.1. The molecule has 6 nitrogen and oxygen atoms in total. The van der Waals surface area contributed by atoms with Crippen LogP contribution < -0.4 is 0 Å². The summed E-state index contributed by atoms with van der Waals surface area (Å²) in [6, 6.07) is 14.0. The number of aromatic hydroxyl groups is 2. The molecule has 0 unspecified atom stereocenters. The number of hydrogen-bond donors (Lipinski definition) is 4. The Bertz CT molecular complexity index is 638. The molecule has 2 radical (unpaired) electrons. The van der Waals surface area contributed by atoms with Gasteiger partial charge in [0, 0.05) is 84.0 Å². The summed E-state index contributed by atoms with van der Waals surface area (Å²) < 4.78 is 0. The first-order valence-corrected chi connectivity index (χ1v) is 8.46. The number of aliphatic hydroxyl groups is 2. The van der Waals surface area contributed by atoms with Gasteiger partial charge in [0.1, 0.15) is 11.5 Å². The summed E-state index contributed by atoms with van der Waals surface area (Å²) in [4.78, 5) is 8.09. The second-order valence-corrected chi connectivity index (χ2v) is 5.34. The average Bonchev–Trinajstić information content (AvgIpc) is 2.66. The van der Waals surface area contributed by atoms with Crippen molar-refractivity contribution in [1.29, 1.82) is 0 Å². The molecule has 162 valence electrons. The predicted molar refractivity (Wildman–Crippen MR) is 105 cm³/mol. The third kappa shape index (κ3) is 12.7. The van der Waals surface area contributed by atoms with Gasteiger partial charge in [-0.2, -0.15) is 0 Å². The van der Waals surface area contributed by atoms with Gasteiger partial charge in [0.05, 0.1) is 0 Å². The van der Waals surface area contributed by atoms with Crippen molar-refractivity contribution in [1.82, 2.24) is 0 Å². The second kappa shape index (κ2) is 18.7. The van der Waals surface area contributed by atoms with E-state index in [4.69, 9.17) is 10.2 Å². The average molecular weight is 486 g/mol. The summed E-state index contributed by atoms with van der Waals surface area (Å²) in [6.07, 6.45) is 4.55. The first-order chi connectivity index (χ1) is 12.7. The van der Waals surface area contributed by atoms with Crippen LogP contribution >= 0.6 is 0 Å². The summed E-state index contributed by atoms with van der Waals surface area (Å²) in [5.74, 6) is 0.463. The van der Waals surface area contributed by atoms with Crippen molar-refractivity contribution in [2.45, 2.75) is 12.8 Å². The largest absolute Gasteiger partial charge is 0.507 e. The molecular weight excluding hydrogens is 459 g/mol. The number of aliphatic imine (C=N–C) groups is 2. The number of rotatable bonds is 8. The number of nitrogens with zero attached hydrogens (tertiary/aromatic N) is 2. The molecule has 0 spiro atoms. The minimum absolute atomic E-state index is 0. The fourth-order valence-electron chi connectivity index (χ4n) is 1.84. The molecule has 2 aromatic rings. The van der Waals surface area contributed by atoms with E-state index in [-0.39, 0.29) is 58.9 Å². The fraction of sp³-hybridized carbons (Fsp3) is 0.300. The molecule has 0 saturated carbocycles. The molecule has 0 aliphatic carbocycles. The standard InChI is InChI=1S/2C10H13NO2.2Cu/c2*12-7-3-6-11-8-9-4-1-2-5-10(9)13;;/h2*1-2,4-5,8,12-13H,3,6-7H2;;. The van der Waals surface area contributed by atoms with Crippen LogP contribution in [0.15, 0.2) is 58.5 Å². The van der Waals surface area contributed by atoms with E-state index in [9.17, 15) is 10.2 Å². The molecule has 28 heavy (non-hydrogen) atoms. The summed E-state index contributed by atoms with van der Waals surface area (Å²) in [5.41, 5.74) is 1.42. The van der Waals surface area contributed by atoms with Gasteiger partial charge >= 0.3 is 0 Å². The molecule has 0 aromatic heterocycles. The van der Waals surface area contributed by atoms with Crippen LogP contribution in [0.3, 0.4) is 0 Å². The maximum absolute atomic E-state index is 9.33. The number of para-hydroxylation sites is 2. The number of phenols is 2. The quantitative estimate of drug-likeness (QED) is 0.262. The molecule has 2 aromatic carbocycles. The van der Waals surface area contributed by atoms with Gasteiger partial charge in [-0.15, -0.1) is 0 Å². The van der Waals surface area contributed by atoms with Crippen LogP contribution in [0, 0.1) is 0 Å². The molecule has 0 bridgehead atoms. The molecule has 0 amide bonds. The van der Waals surface area contributed by atoms with Crippen LogP contribution in [0.5, 0.6) is 11.5 Å². The van der Waals surface area contributed by atoms with Gasteiger partial charge in [-0.3, -0.25) is 9.98 Å². The van der Waals surface area contributed by atoms with Gasteiger partial charge in [-0.05, 0) is 37.1 Å². The Morgan fingerprint density at radius 2 is 1.00 bits per heavy atom. The van der Waals surface area contributed by atoms with Gasteiger partial charge in [0.2, 0.25) is 0 Å². The third-order valence-corrected chi connectivity index (χ3v) is 3.22. The molecule has 0 aliphatic rings. The Morgan fingerprint density at radius 3 is 1.32 bits per heavy atom. The molecule has 0 atom stereocenters. The van der Waals surface area contributed by atoms with E-state index in [1.807, 2.05) is 12.1 Å². The maximum atomic E-state index is 9.33. The Morgan fingerprint density at radius 1 is 0.643 bits per heavy atom. The minimum Gasteiger partial charge on any atom is -0.507 e. The topological polar surface area (TPSA) is 106 Å². The Hall–Kier alpha value is -1.66. The molecule has 0 aliphatic heterocycles. The molecule has 0 fully saturated rings. The van der Waals surface area contributed by atoms with Gasteiger partial charge in [-0.1, -0.05) is 24.3 Å². The molecule has 0 saturated heterocycles. The number of aliphatic hydroxyl groups excluding tert-OH is 2. The number of hydrogen-bond acceptors (Lipinski definition) is 6. The van der Waals surface area contributed by atoms with Crippen LogP contribution in [0.4, 0.5) is 0 Å². The van der Waals surface area contributed by atoms with Crippen LogP contribution in [-0.2, 0) is 34.1 Å². The van der Waals surface area contributed by atoms with E-state index in [2.05, 4.69) is 9.98 Å². The van der Waals surface area contributed by atoms with Gasteiger partial charge in [0.25, 0.3) is 0 Å². The number of phenolic OH excluding ortho intramolecular Hbond substituents is 2. The zero-order valence-electron chi connectivity index (χ0n) is 15.3. The van der Waals surface area contributed by atoms with Crippen molar-refractivity contribution in [3.8, 4) is 11.5 Å². The van der Waals surface area contributed by atoms with Crippen molar-refractivity contribution in [2.24, 2.45) is 9.98 Å². The van der Waals surface area contributed by atoms with Crippen LogP contribution in [0.25, 0.3) is 0 Å². The van der Waals surface area contributed by atoms with Gasteiger partial charge in [0.15, 0.2) is 0 Å². The van der Waals surface area contributed by atoms with Gasteiger partial charge < -0.3 is 20.4 Å². The van der Waals surface area contributed by atoms with Crippen molar-refractivity contribution in [3.63, 3.8) is 0 Å². The summed E-state index contributed by atoms with van der Waals surface area (Å²) >= 11 is 0.